The first kappa shape index (κ1) is 20.4. The van der Waals surface area contributed by atoms with Crippen molar-refractivity contribution < 1.29 is 22.7 Å². The Morgan fingerprint density at radius 2 is 2.04 bits per heavy atom. The molecule has 1 N–H and O–H groups in total. The summed E-state index contributed by atoms with van der Waals surface area (Å²) in [4.78, 5) is 29.3. The van der Waals surface area contributed by atoms with Crippen molar-refractivity contribution in [2.45, 2.75) is 37.6 Å². The molecule has 1 aliphatic heterocycles. The highest BCUT2D eigenvalue weighted by atomic mass is 32.2. The molecule has 1 aromatic carbocycles. The van der Waals surface area contributed by atoms with Crippen LogP contribution in [0.4, 0.5) is 5.13 Å². The van der Waals surface area contributed by atoms with Gasteiger partial charge in [0.2, 0.25) is 15.9 Å². The van der Waals surface area contributed by atoms with Crippen molar-refractivity contribution in [1.82, 2.24) is 9.29 Å². The number of rotatable bonds is 6. The van der Waals surface area contributed by atoms with Crippen molar-refractivity contribution in [1.29, 1.82) is 0 Å². The van der Waals surface area contributed by atoms with Crippen LogP contribution in [0.5, 0.6) is 0 Å². The summed E-state index contributed by atoms with van der Waals surface area (Å²) in [6.45, 7) is 3.88. The van der Waals surface area contributed by atoms with Crippen molar-refractivity contribution in [2.24, 2.45) is 0 Å². The fourth-order valence-corrected chi connectivity index (χ4v) is 5.58. The van der Waals surface area contributed by atoms with Gasteiger partial charge >= 0.3 is 5.97 Å². The Balaban J connectivity index is 1.77. The van der Waals surface area contributed by atoms with Crippen molar-refractivity contribution in [2.75, 3.05) is 18.5 Å². The van der Waals surface area contributed by atoms with E-state index in [0.717, 1.165) is 11.3 Å². The molecule has 1 atom stereocenters. The van der Waals surface area contributed by atoms with Crippen molar-refractivity contribution in [3.63, 3.8) is 0 Å². The Morgan fingerprint density at radius 3 is 2.71 bits per heavy atom. The van der Waals surface area contributed by atoms with E-state index >= 15 is 0 Å². The molecule has 0 radical (unpaired) electrons. The van der Waals surface area contributed by atoms with Gasteiger partial charge in [0.1, 0.15) is 10.9 Å². The van der Waals surface area contributed by atoms with E-state index in [9.17, 15) is 18.0 Å². The molecule has 0 saturated carbocycles. The lowest BCUT2D eigenvalue weighted by molar-refractivity contribution is -0.119. The van der Waals surface area contributed by atoms with Gasteiger partial charge in [-0.2, -0.15) is 4.31 Å². The minimum absolute atomic E-state index is 0.157. The van der Waals surface area contributed by atoms with Crippen LogP contribution in [0.2, 0.25) is 0 Å². The first-order chi connectivity index (χ1) is 13.3. The summed E-state index contributed by atoms with van der Waals surface area (Å²) < 4.78 is 32.0. The fourth-order valence-electron chi connectivity index (χ4n) is 3.04. The van der Waals surface area contributed by atoms with E-state index in [4.69, 9.17) is 4.74 Å². The van der Waals surface area contributed by atoms with Crippen LogP contribution >= 0.6 is 11.3 Å². The molecule has 1 fully saturated rings. The summed E-state index contributed by atoms with van der Waals surface area (Å²) in [6, 6.07) is 7.23. The number of amides is 1. The standard InChI is InChI=1S/C18H21N3O5S2/c1-3-26-17(23)15-12(2)19-18(27-15)20-16(22)14-10-7-11-21(14)28(24,25)13-8-5-4-6-9-13/h4-6,8-9,14H,3,7,10-11H2,1-2H3,(H,19,20,22). The van der Waals surface area contributed by atoms with Crippen LogP contribution in [0.3, 0.4) is 0 Å². The Labute approximate surface area is 167 Å². The molecule has 1 aliphatic rings. The lowest BCUT2D eigenvalue weighted by atomic mass is 10.2. The van der Waals surface area contributed by atoms with Crippen molar-refractivity contribution in [3.05, 3.63) is 40.9 Å². The van der Waals surface area contributed by atoms with Crippen LogP contribution in [0.1, 0.15) is 35.1 Å². The molecule has 1 unspecified atom stereocenters. The number of anilines is 1. The zero-order chi connectivity index (χ0) is 20.3. The minimum Gasteiger partial charge on any atom is -0.462 e. The number of aryl methyl sites for hydroxylation is 1. The van der Waals surface area contributed by atoms with E-state index in [1.165, 1.54) is 16.4 Å². The predicted octanol–water partition coefficient (Wildman–Crippen LogP) is 2.42. The van der Waals surface area contributed by atoms with E-state index in [1.807, 2.05) is 0 Å². The zero-order valence-electron chi connectivity index (χ0n) is 15.5. The summed E-state index contributed by atoms with van der Waals surface area (Å²) in [5.74, 6) is -0.951. The number of nitrogens with zero attached hydrogens (tertiary/aromatic N) is 2. The molecule has 1 amide bonds. The highest BCUT2D eigenvalue weighted by molar-refractivity contribution is 7.89. The third-order valence-electron chi connectivity index (χ3n) is 4.34. The molecule has 0 aliphatic carbocycles. The first-order valence-corrected chi connectivity index (χ1v) is 11.1. The van der Waals surface area contributed by atoms with Crippen molar-refractivity contribution in [3.8, 4) is 0 Å². The molecule has 10 heteroatoms. The summed E-state index contributed by atoms with van der Waals surface area (Å²) in [5.41, 5.74) is 0.457. The van der Waals surface area contributed by atoms with E-state index in [2.05, 4.69) is 10.3 Å². The second kappa shape index (κ2) is 8.38. The molecule has 150 valence electrons. The van der Waals surface area contributed by atoms with Gasteiger partial charge in [0.25, 0.3) is 0 Å². The smallest absolute Gasteiger partial charge is 0.350 e. The van der Waals surface area contributed by atoms with E-state index in [-0.39, 0.29) is 23.2 Å². The monoisotopic (exact) mass is 423 g/mol. The summed E-state index contributed by atoms with van der Waals surface area (Å²) >= 11 is 1.01. The second-order valence-electron chi connectivity index (χ2n) is 6.23. The molecule has 28 heavy (non-hydrogen) atoms. The lowest BCUT2D eigenvalue weighted by Gasteiger charge is -2.23. The number of carbonyl (C=O) groups is 2. The van der Waals surface area contributed by atoms with E-state index in [1.54, 1.807) is 32.0 Å². The molecule has 3 rings (SSSR count). The van der Waals surface area contributed by atoms with Gasteiger partial charge < -0.3 is 10.1 Å². The second-order valence-corrected chi connectivity index (χ2v) is 9.12. The molecular weight excluding hydrogens is 402 g/mol. The minimum atomic E-state index is -3.77. The maximum absolute atomic E-state index is 12.9. The van der Waals surface area contributed by atoms with Crippen LogP contribution in [0.15, 0.2) is 35.2 Å². The van der Waals surface area contributed by atoms with E-state index in [0.29, 0.717) is 23.4 Å². The molecular formula is C18H21N3O5S2. The van der Waals surface area contributed by atoms with E-state index < -0.39 is 27.9 Å². The van der Waals surface area contributed by atoms with Crippen LogP contribution in [0.25, 0.3) is 0 Å². The molecule has 2 heterocycles. The molecule has 2 aromatic rings. The van der Waals surface area contributed by atoms with Crippen LogP contribution in [-0.4, -0.2) is 48.8 Å². The number of benzene rings is 1. The molecule has 8 nitrogen and oxygen atoms in total. The number of thiazole rings is 1. The highest BCUT2D eigenvalue weighted by Crippen LogP contribution is 2.28. The van der Waals surface area contributed by atoms with Crippen molar-refractivity contribution >= 4 is 38.4 Å². The Bertz CT molecular complexity index is 972. The number of sulfonamides is 1. The fraction of sp³-hybridized carbons (Fsp3) is 0.389. The third-order valence-corrected chi connectivity index (χ3v) is 7.32. The quantitative estimate of drug-likeness (QED) is 0.716. The Hall–Kier alpha value is -2.30. The predicted molar refractivity (Wildman–Crippen MR) is 105 cm³/mol. The number of ether oxygens (including phenoxy) is 1. The summed E-state index contributed by atoms with van der Waals surface area (Å²) in [6.07, 6.45) is 1.02. The zero-order valence-corrected chi connectivity index (χ0v) is 17.2. The number of hydrogen-bond acceptors (Lipinski definition) is 7. The van der Waals surface area contributed by atoms with Crippen LogP contribution in [-0.2, 0) is 19.6 Å². The topological polar surface area (TPSA) is 106 Å². The molecule has 0 bridgehead atoms. The Morgan fingerprint density at radius 1 is 1.32 bits per heavy atom. The largest absolute Gasteiger partial charge is 0.462 e. The van der Waals surface area contributed by atoms with Crippen LogP contribution < -0.4 is 5.32 Å². The van der Waals surface area contributed by atoms with Gasteiger partial charge in [-0.05, 0) is 38.8 Å². The number of esters is 1. The average Bonchev–Trinajstić information content (AvgIpc) is 3.30. The van der Waals surface area contributed by atoms with Gasteiger partial charge in [0.05, 0.1) is 17.2 Å². The number of aromatic nitrogens is 1. The molecule has 1 aromatic heterocycles. The van der Waals surface area contributed by atoms with Gasteiger partial charge in [-0.3, -0.25) is 4.79 Å². The number of nitrogens with one attached hydrogen (secondary N) is 1. The average molecular weight is 424 g/mol. The lowest BCUT2D eigenvalue weighted by Crippen LogP contribution is -2.43. The number of carbonyl (C=O) groups excluding carboxylic acids is 2. The van der Waals surface area contributed by atoms with Gasteiger partial charge in [-0.1, -0.05) is 29.5 Å². The van der Waals surface area contributed by atoms with Crippen LogP contribution in [0, 0.1) is 6.92 Å². The SMILES string of the molecule is CCOC(=O)c1sc(NC(=O)C2CCCN2S(=O)(=O)c2ccccc2)nc1C. The number of hydrogen-bond donors (Lipinski definition) is 1. The Kier molecular flexibility index (Phi) is 6.11. The van der Waals surface area contributed by atoms with Gasteiger partial charge in [-0.25, -0.2) is 18.2 Å². The summed E-state index contributed by atoms with van der Waals surface area (Å²) in [7, 11) is -3.77. The molecule has 0 spiro atoms. The molecule has 1 saturated heterocycles. The van der Waals surface area contributed by atoms with Gasteiger partial charge in [0, 0.05) is 6.54 Å². The third kappa shape index (κ3) is 4.08. The van der Waals surface area contributed by atoms with Gasteiger partial charge in [0.15, 0.2) is 5.13 Å². The highest BCUT2D eigenvalue weighted by Gasteiger charge is 2.39. The normalized spacial score (nSPS) is 17.4. The summed E-state index contributed by atoms with van der Waals surface area (Å²) in [5, 5.41) is 2.90. The van der Waals surface area contributed by atoms with Gasteiger partial charge in [-0.15, -0.1) is 0 Å². The maximum atomic E-state index is 12.9. The first-order valence-electron chi connectivity index (χ1n) is 8.87. The maximum Gasteiger partial charge on any atom is 0.350 e.